The molecule has 0 saturated carbocycles. The smallest absolute Gasteiger partial charge is 0.475 e. The molecule has 0 saturated heterocycles. The number of carboxylic acid groups (broad SMARTS) is 1. The Balaban J connectivity index is 0.000000515. The Morgan fingerprint density at radius 1 is 0.911 bits per heavy atom. The van der Waals surface area contributed by atoms with Gasteiger partial charge < -0.3 is 10.4 Å². The number of aliphatic carboxylic acids is 1. The number of aromatic nitrogens is 8. The maximum absolute atomic E-state index is 14.5. The Morgan fingerprint density at radius 3 is 2.29 bits per heavy atom. The molecule has 0 spiro atoms. The van der Waals surface area contributed by atoms with Gasteiger partial charge in [-0.25, -0.2) is 28.8 Å². The summed E-state index contributed by atoms with van der Waals surface area (Å²) in [6.45, 7) is 3.84. The Bertz CT molecular complexity index is 1940. The van der Waals surface area contributed by atoms with Crippen molar-refractivity contribution < 1.29 is 27.5 Å². The van der Waals surface area contributed by atoms with Crippen molar-refractivity contribution in [1.29, 1.82) is 0 Å². The molecular formula is C30H23F4N9O2. The van der Waals surface area contributed by atoms with Gasteiger partial charge in [0.1, 0.15) is 12.1 Å². The maximum atomic E-state index is 14.5. The summed E-state index contributed by atoms with van der Waals surface area (Å²) >= 11 is 0. The molecule has 2 aromatic carbocycles. The van der Waals surface area contributed by atoms with Crippen molar-refractivity contribution in [2.24, 2.45) is 0 Å². The molecule has 15 heteroatoms. The first-order valence-corrected chi connectivity index (χ1v) is 13.1. The van der Waals surface area contributed by atoms with Gasteiger partial charge in [0.25, 0.3) is 0 Å². The van der Waals surface area contributed by atoms with E-state index in [1.165, 1.54) is 12.1 Å². The van der Waals surface area contributed by atoms with Gasteiger partial charge in [-0.3, -0.25) is 10.1 Å². The van der Waals surface area contributed by atoms with Crippen molar-refractivity contribution in [3.05, 3.63) is 103 Å². The lowest BCUT2D eigenvalue weighted by Crippen LogP contribution is -2.21. The van der Waals surface area contributed by atoms with Gasteiger partial charge >= 0.3 is 12.1 Å². The van der Waals surface area contributed by atoms with Crippen LogP contribution < -0.4 is 5.32 Å². The number of hydrogen-bond donors (Lipinski definition) is 3. The molecule has 3 N–H and O–H groups in total. The summed E-state index contributed by atoms with van der Waals surface area (Å²) in [5, 5.41) is 21.8. The molecule has 6 aromatic rings. The summed E-state index contributed by atoms with van der Waals surface area (Å²) < 4.78 is 47.9. The molecule has 0 aliphatic carbocycles. The summed E-state index contributed by atoms with van der Waals surface area (Å²) in [5.74, 6) is -2.10. The second-order valence-corrected chi connectivity index (χ2v) is 9.58. The SMILES string of the molecule is Cc1ccc(-c2ncn(-c3ccc(Nc4nccc(-c5cc(F)cc(-c6cn[nH]c6C)c5)n4)cc3)n2)cn1.O=C(O)C(F)(F)F. The Labute approximate surface area is 252 Å². The van der Waals surface area contributed by atoms with Crippen LogP contribution in [-0.2, 0) is 4.79 Å². The summed E-state index contributed by atoms with van der Waals surface area (Å²) in [4.78, 5) is 26.5. The van der Waals surface area contributed by atoms with E-state index in [2.05, 4.69) is 40.5 Å². The summed E-state index contributed by atoms with van der Waals surface area (Å²) in [7, 11) is 0. The van der Waals surface area contributed by atoms with Gasteiger partial charge in [-0.15, -0.1) is 5.10 Å². The number of pyridine rings is 1. The van der Waals surface area contributed by atoms with E-state index in [1.54, 1.807) is 35.7 Å². The van der Waals surface area contributed by atoms with Gasteiger partial charge in [0.15, 0.2) is 5.82 Å². The second-order valence-electron chi connectivity index (χ2n) is 9.58. The number of anilines is 2. The van der Waals surface area contributed by atoms with Crippen molar-refractivity contribution >= 4 is 17.6 Å². The van der Waals surface area contributed by atoms with Crippen molar-refractivity contribution in [3.8, 4) is 39.5 Å². The van der Waals surface area contributed by atoms with Crippen LogP contribution in [-0.4, -0.2) is 57.2 Å². The quantitative estimate of drug-likeness (QED) is 0.183. The van der Waals surface area contributed by atoms with Gasteiger partial charge in [0.2, 0.25) is 5.95 Å². The first-order chi connectivity index (χ1) is 21.5. The van der Waals surface area contributed by atoms with Crippen LogP contribution in [0.1, 0.15) is 11.4 Å². The first kappa shape index (κ1) is 30.5. The Hall–Kier alpha value is -5.99. The van der Waals surface area contributed by atoms with Crippen molar-refractivity contribution in [2.75, 3.05) is 5.32 Å². The lowest BCUT2D eigenvalue weighted by atomic mass is 10.0. The number of nitrogens with zero attached hydrogens (tertiary/aromatic N) is 7. The van der Waals surface area contributed by atoms with Crippen LogP contribution in [0.3, 0.4) is 0 Å². The van der Waals surface area contributed by atoms with Crippen LogP contribution in [0.2, 0.25) is 0 Å². The van der Waals surface area contributed by atoms with Crippen LogP contribution in [0.15, 0.2) is 85.6 Å². The normalized spacial score (nSPS) is 11.1. The van der Waals surface area contributed by atoms with Gasteiger partial charge in [-0.05, 0) is 80.1 Å². The average Bonchev–Trinajstić information content (AvgIpc) is 3.67. The van der Waals surface area contributed by atoms with E-state index in [1.807, 2.05) is 56.3 Å². The first-order valence-electron chi connectivity index (χ1n) is 13.1. The number of carbonyl (C=O) groups is 1. The van der Waals surface area contributed by atoms with E-state index in [0.29, 0.717) is 23.0 Å². The number of rotatable bonds is 6. The van der Waals surface area contributed by atoms with Crippen LogP contribution in [0.4, 0.5) is 29.2 Å². The molecule has 45 heavy (non-hydrogen) atoms. The molecule has 6 rings (SSSR count). The predicted octanol–water partition coefficient (Wildman–Crippen LogP) is 6.31. The molecule has 228 valence electrons. The van der Waals surface area contributed by atoms with Gasteiger partial charge in [-0.2, -0.15) is 18.3 Å². The molecule has 11 nitrogen and oxygen atoms in total. The minimum Gasteiger partial charge on any atom is -0.475 e. The Morgan fingerprint density at radius 2 is 1.64 bits per heavy atom. The molecule has 0 unspecified atom stereocenters. The van der Waals surface area contributed by atoms with E-state index in [9.17, 15) is 17.6 Å². The number of nitrogens with one attached hydrogen (secondary N) is 2. The molecule has 0 amide bonds. The fourth-order valence-electron chi connectivity index (χ4n) is 4.06. The van der Waals surface area contributed by atoms with Crippen LogP contribution in [0.25, 0.3) is 39.5 Å². The lowest BCUT2D eigenvalue weighted by molar-refractivity contribution is -0.192. The average molecular weight is 618 g/mol. The lowest BCUT2D eigenvalue weighted by Gasteiger charge is -2.09. The standard InChI is InChI=1S/C28H22FN9.C2HF3O2/c1-17-3-4-19(14-31-17)27-32-16-38(37-27)24-7-5-23(6-8-24)34-28-30-10-9-26(35-28)21-11-20(12-22(29)13-21)25-15-33-36-18(25)2;3-2(4,5)1(6)7/h3-16H,1-2H3,(H,33,36)(H,30,34,35);(H,6,7). The zero-order chi connectivity index (χ0) is 32.1. The number of halogens is 4. The topological polar surface area (TPSA) is 147 Å². The van der Waals surface area contributed by atoms with E-state index >= 15 is 0 Å². The number of carboxylic acids is 1. The third kappa shape index (κ3) is 7.51. The molecule has 0 fully saturated rings. The van der Waals surface area contributed by atoms with E-state index in [-0.39, 0.29) is 5.82 Å². The summed E-state index contributed by atoms with van der Waals surface area (Å²) in [6.07, 6.45) is 1.68. The summed E-state index contributed by atoms with van der Waals surface area (Å²) in [6, 6.07) is 18.1. The Kier molecular flexibility index (Phi) is 8.60. The highest BCUT2D eigenvalue weighted by molar-refractivity contribution is 5.73. The summed E-state index contributed by atoms with van der Waals surface area (Å²) in [5.41, 5.74) is 7.12. The van der Waals surface area contributed by atoms with Crippen LogP contribution >= 0.6 is 0 Å². The zero-order valence-corrected chi connectivity index (χ0v) is 23.6. The van der Waals surface area contributed by atoms with E-state index in [4.69, 9.17) is 9.90 Å². The predicted molar refractivity (Wildman–Crippen MR) is 156 cm³/mol. The largest absolute Gasteiger partial charge is 0.490 e. The third-order valence-electron chi connectivity index (χ3n) is 6.28. The molecule has 0 aliphatic heterocycles. The molecule has 4 aromatic heterocycles. The van der Waals surface area contributed by atoms with Gasteiger partial charge in [0.05, 0.1) is 17.6 Å². The maximum Gasteiger partial charge on any atom is 0.490 e. The molecular weight excluding hydrogens is 594 g/mol. The minimum absolute atomic E-state index is 0.350. The van der Waals surface area contributed by atoms with Gasteiger partial charge in [-0.1, -0.05) is 0 Å². The highest BCUT2D eigenvalue weighted by Gasteiger charge is 2.38. The minimum atomic E-state index is -5.08. The highest BCUT2D eigenvalue weighted by atomic mass is 19.4. The molecule has 0 bridgehead atoms. The van der Waals surface area contributed by atoms with Crippen molar-refractivity contribution in [1.82, 2.24) is 39.9 Å². The van der Waals surface area contributed by atoms with E-state index in [0.717, 1.165) is 39.5 Å². The third-order valence-corrected chi connectivity index (χ3v) is 6.28. The fraction of sp³-hybridized carbons (Fsp3) is 0.100. The number of aromatic amines is 1. The number of hydrogen-bond acceptors (Lipinski definition) is 8. The molecule has 0 atom stereocenters. The second kappa shape index (κ2) is 12.7. The van der Waals surface area contributed by atoms with Gasteiger partial charge in [0, 0.05) is 46.2 Å². The molecule has 0 aliphatic rings. The molecule has 4 heterocycles. The molecule has 0 radical (unpaired) electrons. The van der Waals surface area contributed by atoms with Crippen LogP contribution in [0.5, 0.6) is 0 Å². The number of aryl methyl sites for hydroxylation is 2. The zero-order valence-electron chi connectivity index (χ0n) is 23.6. The monoisotopic (exact) mass is 617 g/mol. The van der Waals surface area contributed by atoms with Crippen molar-refractivity contribution in [3.63, 3.8) is 0 Å². The van der Waals surface area contributed by atoms with Crippen LogP contribution in [0, 0.1) is 19.7 Å². The number of H-pyrrole nitrogens is 1. The highest BCUT2D eigenvalue weighted by Crippen LogP contribution is 2.29. The number of alkyl halides is 3. The van der Waals surface area contributed by atoms with E-state index < -0.39 is 12.1 Å². The van der Waals surface area contributed by atoms with Crippen molar-refractivity contribution in [2.45, 2.75) is 20.0 Å². The fourth-order valence-corrected chi connectivity index (χ4v) is 4.06. The number of benzene rings is 2.